The summed E-state index contributed by atoms with van der Waals surface area (Å²) in [6.45, 7) is 17.4. The highest BCUT2D eigenvalue weighted by molar-refractivity contribution is 6.09. The van der Waals surface area contributed by atoms with Crippen molar-refractivity contribution < 1.29 is 4.42 Å². The van der Waals surface area contributed by atoms with Crippen LogP contribution in [0, 0.1) is 6.92 Å². The van der Waals surface area contributed by atoms with Gasteiger partial charge < -0.3 is 4.42 Å². The van der Waals surface area contributed by atoms with E-state index in [9.17, 15) is 0 Å². The summed E-state index contributed by atoms with van der Waals surface area (Å²) in [6.07, 6.45) is 9.41. The summed E-state index contributed by atoms with van der Waals surface area (Å²) in [5.74, 6) is 0. The number of fused-ring (bicyclic) bond motifs is 3. The first-order valence-corrected chi connectivity index (χ1v) is 9.80. The molecule has 1 heterocycles. The van der Waals surface area contributed by atoms with Crippen LogP contribution in [0.4, 0.5) is 0 Å². The normalized spacial score (nSPS) is 17.4. The number of rotatable bonds is 2. The van der Waals surface area contributed by atoms with Crippen LogP contribution >= 0.6 is 0 Å². The zero-order valence-electron chi connectivity index (χ0n) is 17.1. The highest BCUT2D eigenvalue weighted by Gasteiger charge is 2.23. The van der Waals surface area contributed by atoms with Gasteiger partial charge in [-0.2, -0.15) is 0 Å². The lowest BCUT2D eigenvalue weighted by Crippen LogP contribution is -2.30. The molecule has 0 bridgehead atoms. The van der Waals surface area contributed by atoms with E-state index in [1.807, 2.05) is 19.1 Å². The standard InChI is InChI=1S/C27H26O/c1-7-11-20-16(3)15-17(4)24(20)26-19(6)21(12-8-2)18(5)25-22-13-9-10-14-23(22)28-27(25)26/h7-14H,4,6,15H2,1-3,5H3/b11-7-,12-8-,26-24-. The van der Waals surface area contributed by atoms with Crippen LogP contribution in [0.25, 0.3) is 40.2 Å². The zero-order valence-corrected chi connectivity index (χ0v) is 17.1. The average Bonchev–Trinajstić information content (AvgIpc) is 3.18. The number of hydrogen-bond donors (Lipinski definition) is 0. The van der Waals surface area contributed by atoms with E-state index < -0.39 is 0 Å². The maximum atomic E-state index is 6.43. The molecule has 2 aromatic carbocycles. The van der Waals surface area contributed by atoms with Crippen LogP contribution in [0.2, 0.25) is 0 Å². The van der Waals surface area contributed by atoms with Gasteiger partial charge in [-0.1, -0.05) is 61.2 Å². The molecular formula is C27H26O. The minimum absolute atomic E-state index is 0.892. The lowest BCUT2D eigenvalue weighted by Gasteiger charge is -2.10. The predicted molar refractivity (Wildman–Crippen MR) is 123 cm³/mol. The van der Waals surface area contributed by atoms with Crippen LogP contribution in [0.15, 0.2) is 70.2 Å². The zero-order chi connectivity index (χ0) is 20.0. The van der Waals surface area contributed by atoms with Crippen LogP contribution in [0.3, 0.4) is 0 Å². The molecule has 0 saturated carbocycles. The van der Waals surface area contributed by atoms with Gasteiger partial charge in [0.25, 0.3) is 0 Å². The second kappa shape index (κ2) is 6.83. The second-order valence-electron chi connectivity index (χ2n) is 7.54. The Kier molecular flexibility index (Phi) is 4.47. The molecule has 1 aromatic heterocycles. The molecule has 1 heteroatoms. The van der Waals surface area contributed by atoms with Gasteiger partial charge in [0, 0.05) is 16.0 Å². The Morgan fingerprint density at radius 1 is 1.00 bits per heavy atom. The van der Waals surface area contributed by atoms with Crippen LogP contribution in [-0.2, 0) is 0 Å². The van der Waals surface area contributed by atoms with Crippen molar-refractivity contribution in [1.29, 1.82) is 0 Å². The summed E-state index contributed by atoms with van der Waals surface area (Å²) in [5, 5.41) is 4.42. The molecule has 0 atom stereocenters. The Labute approximate surface area is 166 Å². The average molecular weight is 367 g/mol. The van der Waals surface area contributed by atoms with Crippen molar-refractivity contribution in [3.05, 3.63) is 87.4 Å². The Morgan fingerprint density at radius 2 is 1.71 bits per heavy atom. The third-order valence-electron chi connectivity index (χ3n) is 5.71. The first-order valence-electron chi connectivity index (χ1n) is 9.80. The Balaban J connectivity index is 2.37. The molecule has 0 fully saturated rings. The van der Waals surface area contributed by atoms with E-state index in [2.05, 4.69) is 70.4 Å². The van der Waals surface area contributed by atoms with E-state index in [1.54, 1.807) is 0 Å². The third-order valence-corrected chi connectivity index (χ3v) is 5.71. The van der Waals surface area contributed by atoms with Crippen LogP contribution in [-0.4, -0.2) is 0 Å². The molecular weight excluding hydrogens is 340 g/mol. The molecule has 4 rings (SSSR count). The molecule has 28 heavy (non-hydrogen) atoms. The van der Waals surface area contributed by atoms with E-state index in [1.165, 1.54) is 33.2 Å². The Hall–Kier alpha value is -3.06. The summed E-state index contributed by atoms with van der Waals surface area (Å²) in [6, 6.07) is 8.27. The number of para-hydroxylation sites is 1. The van der Waals surface area contributed by atoms with Crippen LogP contribution in [0.1, 0.15) is 38.3 Å². The monoisotopic (exact) mass is 366 g/mol. The number of aryl methyl sites for hydroxylation is 1. The van der Waals surface area contributed by atoms with Crippen LogP contribution in [0.5, 0.6) is 0 Å². The summed E-state index contributed by atoms with van der Waals surface area (Å²) in [7, 11) is 0. The fourth-order valence-corrected chi connectivity index (χ4v) is 4.49. The van der Waals surface area contributed by atoms with E-state index in [4.69, 9.17) is 4.42 Å². The number of benzene rings is 2. The van der Waals surface area contributed by atoms with Crippen molar-refractivity contribution in [2.75, 3.05) is 0 Å². The number of allylic oxidation sites excluding steroid dienone is 6. The van der Waals surface area contributed by atoms with Crippen molar-refractivity contribution in [2.24, 2.45) is 0 Å². The van der Waals surface area contributed by atoms with Gasteiger partial charge in [-0.3, -0.25) is 0 Å². The maximum Gasteiger partial charge on any atom is 0.144 e. The number of furan rings is 1. The fraction of sp³-hybridized carbons (Fsp3) is 0.185. The highest BCUT2D eigenvalue weighted by atomic mass is 16.3. The van der Waals surface area contributed by atoms with Gasteiger partial charge in [-0.05, 0) is 73.2 Å². The first-order chi connectivity index (χ1) is 13.5. The van der Waals surface area contributed by atoms with Crippen molar-refractivity contribution in [3.63, 3.8) is 0 Å². The van der Waals surface area contributed by atoms with E-state index in [-0.39, 0.29) is 0 Å². The lowest BCUT2D eigenvalue weighted by molar-refractivity contribution is 0.665. The second-order valence-corrected chi connectivity index (χ2v) is 7.54. The van der Waals surface area contributed by atoms with Gasteiger partial charge >= 0.3 is 0 Å². The molecule has 0 amide bonds. The molecule has 1 aliphatic rings. The Morgan fingerprint density at radius 3 is 2.43 bits per heavy atom. The molecule has 0 spiro atoms. The lowest BCUT2D eigenvalue weighted by atomic mass is 9.93. The molecule has 0 N–H and O–H groups in total. The first kappa shape index (κ1) is 18.3. The summed E-state index contributed by atoms with van der Waals surface area (Å²) in [4.78, 5) is 0. The van der Waals surface area contributed by atoms with Crippen molar-refractivity contribution in [3.8, 4) is 0 Å². The Bertz CT molecular complexity index is 1340. The molecule has 0 aliphatic heterocycles. The molecule has 3 aromatic rings. The molecule has 0 unspecified atom stereocenters. The van der Waals surface area contributed by atoms with E-state index in [0.29, 0.717) is 0 Å². The van der Waals surface area contributed by atoms with E-state index >= 15 is 0 Å². The highest BCUT2D eigenvalue weighted by Crippen LogP contribution is 2.37. The summed E-state index contributed by atoms with van der Waals surface area (Å²) < 4.78 is 6.43. The maximum absolute atomic E-state index is 6.43. The molecule has 1 nitrogen and oxygen atoms in total. The van der Waals surface area contributed by atoms with Gasteiger partial charge in [0.15, 0.2) is 0 Å². The number of hydrogen-bond acceptors (Lipinski definition) is 1. The SMILES string of the molecule is C=C1CC(C)=C(/C=C\C)/C1=c1/c(=C)c(/C=C\C)c(C)c2c1oc1ccccc12. The van der Waals surface area contributed by atoms with Crippen molar-refractivity contribution >= 4 is 40.2 Å². The van der Waals surface area contributed by atoms with Gasteiger partial charge in [0.1, 0.15) is 11.2 Å². The van der Waals surface area contributed by atoms with Gasteiger partial charge in [0.05, 0.1) is 0 Å². The summed E-state index contributed by atoms with van der Waals surface area (Å²) in [5.41, 5.74) is 9.11. The predicted octanol–water partition coefficient (Wildman–Crippen LogP) is 6.34. The molecule has 0 saturated heterocycles. The third kappa shape index (κ3) is 2.54. The molecule has 1 aliphatic carbocycles. The molecule has 0 radical (unpaired) electrons. The minimum atomic E-state index is 0.892. The topological polar surface area (TPSA) is 13.1 Å². The quantitative estimate of drug-likeness (QED) is 0.516. The minimum Gasteiger partial charge on any atom is -0.455 e. The van der Waals surface area contributed by atoms with Gasteiger partial charge in [-0.25, -0.2) is 0 Å². The largest absolute Gasteiger partial charge is 0.455 e. The summed E-state index contributed by atoms with van der Waals surface area (Å²) >= 11 is 0. The van der Waals surface area contributed by atoms with Gasteiger partial charge in [-0.15, -0.1) is 0 Å². The van der Waals surface area contributed by atoms with Crippen LogP contribution < -0.4 is 10.4 Å². The molecule has 140 valence electrons. The fourth-order valence-electron chi connectivity index (χ4n) is 4.49. The van der Waals surface area contributed by atoms with E-state index in [0.717, 1.165) is 39.0 Å². The van der Waals surface area contributed by atoms with Crippen molar-refractivity contribution in [1.82, 2.24) is 0 Å². The smallest absolute Gasteiger partial charge is 0.144 e. The van der Waals surface area contributed by atoms with Crippen molar-refractivity contribution in [2.45, 2.75) is 34.1 Å². The van der Waals surface area contributed by atoms with Gasteiger partial charge in [0.2, 0.25) is 0 Å².